The van der Waals surface area contributed by atoms with Crippen molar-refractivity contribution in [2.45, 2.75) is 19.9 Å². The van der Waals surface area contributed by atoms with E-state index in [1.807, 2.05) is 6.92 Å². The van der Waals surface area contributed by atoms with Crippen LogP contribution in [0.5, 0.6) is 23.0 Å². The molecule has 192 valence electrons. The predicted molar refractivity (Wildman–Crippen MR) is 140 cm³/mol. The van der Waals surface area contributed by atoms with Crippen molar-refractivity contribution in [1.82, 2.24) is 0 Å². The second-order valence-corrected chi connectivity index (χ2v) is 8.39. The van der Waals surface area contributed by atoms with Gasteiger partial charge in [-0.25, -0.2) is 0 Å². The molecule has 1 saturated heterocycles. The summed E-state index contributed by atoms with van der Waals surface area (Å²) in [6.45, 7) is 4.17. The van der Waals surface area contributed by atoms with Crippen LogP contribution in [-0.4, -0.2) is 44.7 Å². The maximum atomic E-state index is 13.5. The zero-order valence-electron chi connectivity index (χ0n) is 21.4. The van der Waals surface area contributed by atoms with Gasteiger partial charge >= 0.3 is 0 Å². The summed E-state index contributed by atoms with van der Waals surface area (Å²) >= 11 is 0. The van der Waals surface area contributed by atoms with Gasteiger partial charge in [-0.05, 0) is 79.6 Å². The maximum Gasteiger partial charge on any atom is 0.300 e. The molecule has 1 fully saturated rings. The van der Waals surface area contributed by atoms with E-state index in [4.69, 9.17) is 18.9 Å². The van der Waals surface area contributed by atoms with Gasteiger partial charge in [0.1, 0.15) is 17.3 Å². The Balaban J connectivity index is 1.94. The number of carbonyl (C=O) groups excluding carboxylic acids is 2. The molecule has 37 heavy (non-hydrogen) atoms. The summed E-state index contributed by atoms with van der Waals surface area (Å²) < 4.78 is 21.6. The molecule has 1 amide bonds. The van der Waals surface area contributed by atoms with Crippen molar-refractivity contribution in [3.05, 3.63) is 82.9 Å². The number of ketones is 1. The van der Waals surface area contributed by atoms with Crippen LogP contribution in [0.1, 0.15) is 29.7 Å². The van der Waals surface area contributed by atoms with Gasteiger partial charge in [-0.15, -0.1) is 0 Å². The predicted octanol–water partition coefficient (Wildman–Crippen LogP) is 5.05. The number of nitrogens with zero attached hydrogens (tertiary/aromatic N) is 1. The molecule has 1 aliphatic heterocycles. The number of rotatable bonds is 8. The molecule has 3 aromatic carbocycles. The van der Waals surface area contributed by atoms with E-state index in [-0.39, 0.29) is 11.3 Å². The second-order valence-electron chi connectivity index (χ2n) is 8.39. The number of hydrogen-bond donors (Lipinski definition) is 1. The summed E-state index contributed by atoms with van der Waals surface area (Å²) in [7, 11) is 4.58. The Labute approximate surface area is 215 Å². The molecule has 8 nitrogen and oxygen atoms in total. The van der Waals surface area contributed by atoms with Crippen LogP contribution in [0.3, 0.4) is 0 Å². The summed E-state index contributed by atoms with van der Waals surface area (Å²) in [5.41, 5.74) is 2.14. The van der Waals surface area contributed by atoms with Gasteiger partial charge in [0.2, 0.25) is 0 Å². The first-order valence-corrected chi connectivity index (χ1v) is 11.7. The number of aliphatic hydroxyl groups is 1. The highest BCUT2D eigenvalue weighted by molar-refractivity contribution is 6.51. The van der Waals surface area contributed by atoms with E-state index in [2.05, 4.69) is 0 Å². The number of amides is 1. The molecule has 1 heterocycles. The number of carbonyl (C=O) groups is 2. The van der Waals surface area contributed by atoms with Crippen molar-refractivity contribution >= 4 is 23.1 Å². The van der Waals surface area contributed by atoms with Crippen molar-refractivity contribution in [3.8, 4) is 23.0 Å². The van der Waals surface area contributed by atoms with E-state index in [9.17, 15) is 14.7 Å². The van der Waals surface area contributed by atoms with Gasteiger partial charge in [-0.2, -0.15) is 0 Å². The minimum Gasteiger partial charge on any atom is -0.507 e. The van der Waals surface area contributed by atoms with Gasteiger partial charge in [-0.3, -0.25) is 14.5 Å². The Hall–Kier alpha value is -4.46. The van der Waals surface area contributed by atoms with Gasteiger partial charge in [-0.1, -0.05) is 6.07 Å². The summed E-state index contributed by atoms with van der Waals surface area (Å²) in [4.78, 5) is 28.3. The number of anilines is 1. The smallest absolute Gasteiger partial charge is 0.300 e. The van der Waals surface area contributed by atoms with Crippen molar-refractivity contribution < 1.29 is 33.6 Å². The van der Waals surface area contributed by atoms with Crippen molar-refractivity contribution in [3.63, 3.8) is 0 Å². The Morgan fingerprint density at radius 1 is 0.865 bits per heavy atom. The summed E-state index contributed by atoms with van der Waals surface area (Å²) in [6, 6.07) is 16.2. The van der Waals surface area contributed by atoms with Crippen LogP contribution in [0.25, 0.3) is 5.76 Å². The molecule has 0 saturated carbocycles. The van der Waals surface area contributed by atoms with E-state index < -0.39 is 17.7 Å². The normalized spacial score (nSPS) is 16.6. The molecular formula is C29H29NO7. The van der Waals surface area contributed by atoms with Crippen LogP contribution >= 0.6 is 0 Å². The molecule has 1 atom stereocenters. The molecular weight excluding hydrogens is 474 g/mol. The van der Waals surface area contributed by atoms with Crippen LogP contribution in [-0.2, 0) is 9.59 Å². The third-order valence-corrected chi connectivity index (χ3v) is 6.28. The molecule has 0 spiro atoms. The van der Waals surface area contributed by atoms with Crippen LogP contribution in [0, 0.1) is 6.92 Å². The number of aryl methyl sites for hydroxylation is 1. The first-order chi connectivity index (χ1) is 17.8. The van der Waals surface area contributed by atoms with E-state index in [1.165, 1.54) is 19.1 Å². The lowest BCUT2D eigenvalue weighted by atomic mass is 9.93. The first kappa shape index (κ1) is 25.6. The Kier molecular flexibility index (Phi) is 7.38. The topological polar surface area (TPSA) is 94.5 Å². The Morgan fingerprint density at radius 3 is 2.14 bits per heavy atom. The largest absolute Gasteiger partial charge is 0.507 e. The lowest BCUT2D eigenvalue weighted by Crippen LogP contribution is -2.29. The Morgan fingerprint density at radius 2 is 1.54 bits per heavy atom. The SMILES string of the molecule is CCOc1ccc(N2C(=O)C(=O)/C(=C(/O)c3ccc(OC)cc3C)C2c2ccc(OC)c(OC)c2)cc1. The number of methoxy groups -OCH3 is 3. The summed E-state index contributed by atoms with van der Waals surface area (Å²) in [5.74, 6) is 0.359. The fraction of sp³-hybridized carbons (Fsp3) is 0.241. The molecule has 8 heteroatoms. The zero-order chi connectivity index (χ0) is 26.7. The quantitative estimate of drug-likeness (QED) is 0.261. The minimum atomic E-state index is -0.917. The minimum absolute atomic E-state index is 0.0284. The van der Waals surface area contributed by atoms with Gasteiger partial charge in [0.25, 0.3) is 11.7 Å². The molecule has 1 aliphatic rings. The molecule has 1 N–H and O–H groups in total. The highest BCUT2D eigenvalue weighted by Gasteiger charge is 2.47. The average molecular weight is 504 g/mol. The fourth-order valence-electron chi connectivity index (χ4n) is 4.48. The van der Waals surface area contributed by atoms with E-state index >= 15 is 0 Å². The molecule has 0 radical (unpaired) electrons. The van der Waals surface area contributed by atoms with E-state index in [0.717, 1.165) is 0 Å². The van der Waals surface area contributed by atoms with Crippen molar-refractivity contribution in [1.29, 1.82) is 0 Å². The highest BCUT2D eigenvalue weighted by atomic mass is 16.5. The van der Waals surface area contributed by atoms with Crippen molar-refractivity contribution in [2.24, 2.45) is 0 Å². The molecule has 4 rings (SSSR count). The first-order valence-electron chi connectivity index (χ1n) is 11.7. The van der Waals surface area contributed by atoms with Gasteiger partial charge < -0.3 is 24.1 Å². The standard InChI is InChI=1S/C29H29NO7/c1-6-37-20-10-8-19(9-11-20)30-26(18-7-14-23(35-4)24(16-18)36-5)25(28(32)29(30)33)27(31)22-13-12-21(34-3)15-17(22)2/h7-16,26,31H,6H2,1-5H3/b27-25+. The fourth-order valence-corrected chi connectivity index (χ4v) is 4.48. The van der Waals surface area contributed by atoms with E-state index in [1.54, 1.807) is 74.7 Å². The molecule has 0 bridgehead atoms. The zero-order valence-corrected chi connectivity index (χ0v) is 21.4. The van der Waals surface area contributed by atoms with Crippen LogP contribution in [0.2, 0.25) is 0 Å². The summed E-state index contributed by atoms with van der Waals surface area (Å²) in [6.07, 6.45) is 0. The molecule has 3 aromatic rings. The van der Waals surface area contributed by atoms with Crippen molar-refractivity contribution in [2.75, 3.05) is 32.8 Å². The van der Waals surface area contributed by atoms with Gasteiger partial charge in [0.05, 0.1) is 39.6 Å². The molecule has 1 unspecified atom stereocenters. The number of aliphatic hydroxyl groups excluding tert-OH is 1. The average Bonchev–Trinajstić information content (AvgIpc) is 3.18. The lowest BCUT2D eigenvalue weighted by Gasteiger charge is -2.26. The monoisotopic (exact) mass is 503 g/mol. The van der Waals surface area contributed by atoms with Gasteiger partial charge in [0.15, 0.2) is 11.5 Å². The third kappa shape index (κ3) is 4.70. The number of benzene rings is 3. The van der Waals surface area contributed by atoms with Crippen LogP contribution < -0.4 is 23.8 Å². The van der Waals surface area contributed by atoms with Gasteiger partial charge in [0, 0.05) is 11.3 Å². The summed E-state index contributed by atoms with van der Waals surface area (Å²) in [5, 5.41) is 11.5. The lowest BCUT2D eigenvalue weighted by molar-refractivity contribution is -0.132. The maximum absolute atomic E-state index is 13.5. The second kappa shape index (κ2) is 10.7. The van der Waals surface area contributed by atoms with E-state index in [0.29, 0.717) is 52.0 Å². The number of Topliss-reactive ketones (excluding diaryl/α,β-unsaturated/α-hetero) is 1. The molecule has 0 aliphatic carbocycles. The number of ether oxygens (including phenoxy) is 4. The third-order valence-electron chi connectivity index (χ3n) is 6.28. The van der Waals surface area contributed by atoms with Crippen LogP contribution in [0.15, 0.2) is 66.2 Å². The Bertz CT molecular complexity index is 1360. The molecule has 0 aromatic heterocycles. The number of hydrogen-bond acceptors (Lipinski definition) is 7. The highest BCUT2D eigenvalue weighted by Crippen LogP contribution is 2.44. The van der Waals surface area contributed by atoms with Crippen LogP contribution in [0.4, 0.5) is 5.69 Å².